The number of para-hydroxylation sites is 1. The van der Waals surface area contributed by atoms with Gasteiger partial charge in [-0.05, 0) is 54.3 Å². The molecular formula is C28H22F2N4O3. The van der Waals surface area contributed by atoms with Gasteiger partial charge in [-0.2, -0.15) is 8.78 Å². The fourth-order valence-corrected chi connectivity index (χ4v) is 4.94. The third-order valence-corrected chi connectivity index (χ3v) is 6.80. The lowest BCUT2D eigenvalue weighted by Gasteiger charge is -2.21. The summed E-state index contributed by atoms with van der Waals surface area (Å²) in [7, 11) is 0. The molecule has 0 radical (unpaired) electrons. The number of alkyl halides is 2. The van der Waals surface area contributed by atoms with E-state index >= 15 is 0 Å². The van der Waals surface area contributed by atoms with Crippen molar-refractivity contribution in [2.75, 3.05) is 18.0 Å². The summed E-state index contributed by atoms with van der Waals surface area (Å²) in [5, 5.41) is 7.06. The predicted octanol–water partition coefficient (Wildman–Crippen LogP) is 5.74. The van der Waals surface area contributed by atoms with Crippen LogP contribution in [0.5, 0.6) is 0 Å². The molecule has 2 amide bonds. The Morgan fingerprint density at radius 3 is 2.49 bits per heavy atom. The van der Waals surface area contributed by atoms with E-state index in [-0.39, 0.29) is 17.7 Å². The Morgan fingerprint density at radius 2 is 1.70 bits per heavy atom. The number of halogens is 2. The van der Waals surface area contributed by atoms with Gasteiger partial charge in [0, 0.05) is 35.3 Å². The summed E-state index contributed by atoms with van der Waals surface area (Å²) in [5.41, 5.74) is 4.66. The van der Waals surface area contributed by atoms with E-state index in [0.717, 1.165) is 42.6 Å². The zero-order valence-corrected chi connectivity index (χ0v) is 19.7. The molecule has 7 nitrogen and oxygen atoms in total. The number of aromatic nitrogens is 2. The predicted molar refractivity (Wildman–Crippen MR) is 132 cm³/mol. The van der Waals surface area contributed by atoms with E-state index in [1.807, 2.05) is 53.4 Å². The van der Waals surface area contributed by atoms with Crippen LogP contribution < -0.4 is 4.90 Å². The van der Waals surface area contributed by atoms with Crippen molar-refractivity contribution < 1.29 is 22.8 Å². The molecule has 3 heterocycles. The number of benzene rings is 3. The highest BCUT2D eigenvalue weighted by atomic mass is 19.3. The molecule has 0 aliphatic carbocycles. The van der Waals surface area contributed by atoms with Crippen molar-refractivity contribution in [2.24, 2.45) is 0 Å². The number of hydrogen-bond acceptors (Lipinski definition) is 5. The standard InChI is InChI=1S/C28H22F2N4O3/c29-24(30)26-32-31-25(37-26)18-10-11-20-16-34(28(36)22(20)15-18)23-9-2-1-8-21(23)17-6-5-7-19(14-17)27(35)33-12-3-4-13-33/h1-2,5-11,14-15,24H,3-4,12-13,16H2. The number of likely N-dealkylation sites (tertiary alicyclic amines) is 1. The van der Waals surface area contributed by atoms with E-state index in [2.05, 4.69) is 10.2 Å². The highest BCUT2D eigenvalue weighted by molar-refractivity contribution is 6.12. The van der Waals surface area contributed by atoms with Gasteiger partial charge in [0.05, 0.1) is 12.2 Å². The van der Waals surface area contributed by atoms with Crippen LogP contribution in [0.4, 0.5) is 14.5 Å². The molecule has 37 heavy (non-hydrogen) atoms. The maximum absolute atomic E-state index is 13.5. The van der Waals surface area contributed by atoms with Crippen molar-refractivity contribution in [3.8, 4) is 22.6 Å². The lowest BCUT2D eigenvalue weighted by atomic mass is 10.00. The molecule has 0 saturated carbocycles. The number of anilines is 1. The van der Waals surface area contributed by atoms with Crippen molar-refractivity contribution >= 4 is 17.5 Å². The van der Waals surface area contributed by atoms with Gasteiger partial charge in [0.2, 0.25) is 5.89 Å². The van der Waals surface area contributed by atoms with Gasteiger partial charge in [-0.25, -0.2) is 0 Å². The molecule has 1 saturated heterocycles. The Morgan fingerprint density at radius 1 is 0.892 bits per heavy atom. The normalized spacial score (nSPS) is 15.1. The second-order valence-electron chi connectivity index (χ2n) is 9.11. The summed E-state index contributed by atoms with van der Waals surface area (Å²) in [6.45, 7) is 1.90. The number of carbonyl (C=O) groups excluding carboxylic acids is 2. The van der Waals surface area contributed by atoms with Crippen LogP contribution in [0, 0.1) is 0 Å². The van der Waals surface area contributed by atoms with Crippen LogP contribution in [0.1, 0.15) is 51.4 Å². The number of carbonyl (C=O) groups is 2. The first-order valence-electron chi connectivity index (χ1n) is 12.0. The molecule has 0 spiro atoms. The molecular weight excluding hydrogens is 478 g/mol. The van der Waals surface area contributed by atoms with Crippen molar-refractivity contribution in [1.29, 1.82) is 0 Å². The average Bonchev–Trinajstić information content (AvgIpc) is 3.69. The second kappa shape index (κ2) is 9.24. The van der Waals surface area contributed by atoms with Gasteiger partial charge in [0.25, 0.3) is 17.7 Å². The topological polar surface area (TPSA) is 79.5 Å². The van der Waals surface area contributed by atoms with E-state index in [1.165, 1.54) is 0 Å². The van der Waals surface area contributed by atoms with Gasteiger partial charge >= 0.3 is 6.43 Å². The maximum Gasteiger partial charge on any atom is 0.314 e. The Balaban J connectivity index is 1.32. The zero-order chi connectivity index (χ0) is 25.5. The highest BCUT2D eigenvalue weighted by Crippen LogP contribution is 2.37. The monoisotopic (exact) mass is 500 g/mol. The Labute approximate surface area is 211 Å². The third kappa shape index (κ3) is 4.16. The molecule has 4 aromatic rings. The number of rotatable bonds is 5. The van der Waals surface area contributed by atoms with Crippen LogP contribution in [-0.4, -0.2) is 40.0 Å². The molecule has 3 aromatic carbocycles. The molecule has 0 atom stereocenters. The van der Waals surface area contributed by atoms with Gasteiger partial charge < -0.3 is 14.2 Å². The SMILES string of the molecule is O=C(c1cccc(-c2ccccc2N2Cc3ccc(-c4nnc(C(F)F)o4)cc3C2=O)c1)N1CCCC1. The van der Waals surface area contributed by atoms with Crippen molar-refractivity contribution in [3.05, 3.63) is 89.3 Å². The Bertz CT molecular complexity index is 1510. The van der Waals surface area contributed by atoms with Crippen LogP contribution >= 0.6 is 0 Å². The van der Waals surface area contributed by atoms with Gasteiger partial charge in [-0.3, -0.25) is 9.59 Å². The van der Waals surface area contributed by atoms with Gasteiger partial charge in [-0.1, -0.05) is 36.4 Å². The third-order valence-electron chi connectivity index (χ3n) is 6.80. The lowest BCUT2D eigenvalue weighted by Crippen LogP contribution is -2.27. The van der Waals surface area contributed by atoms with Crippen LogP contribution in [-0.2, 0) is 6.54 Å². The summed E-state index contributed by atoms with van der Waals surface area (Å²) < 4.78 is 30.8. The quantitative estimate of drug-likeness (QED) is 0.349. The summed E-state index contributed by atoms with van der Waals surface area (Å²) in [4.78, 5) is 30.0. The summed E-state index contributed by atoms with van der Waals surface area (Å²) in [6, 6.07) is 20.1. The molecule has 2 aliphatic heterocycles. The van der Waals surface area contributed by atoms with Crippen molar-refractivity contribution in [1.82, 2.24) is 15.1 Å². The van der Waals surface area contributed by atoms with Crippen LogP contribution in [0.2, 0.25) is 0 Å². The summed E-state index contributed by atoms with van der Waals surface area (Å²) >= 11 is 0. The fraction of sp³-hybridized carbons (Fsp3) is 0.214. The van der Waals surface area contributed by atoms with Gasteiger partial charge in [-0.15, -0.1) is 10.2 Å². The van der Waals surface area contributed by atoms with Crippen LogP contribution in [0.25, 0.3) is 22.6 Å². The van der Waals surface area contributed by atoms with Crippen LogP contribution in [0.3, 0.4) is 0 Å². The molecule has 1 fully saturated rings. The molecule has 6 rings (SSSR count). The van der Waals surface area contributed by atoms with Crippen molar-refractivity contribution in [2.45, 2.75) is 25.8 Å². The van der Waals surface area contributed by atoms with Crippen LogP contribution in [0.15, 0.2) is 71.1 Å². The molecule has 2 aliphatic rings. The first kappa shape index (κ1) is 23.0. The first-order valence-corrected chi connectivity index (χ1v) is 12.0. The molecule has 186 valence electrons. The first-order chi connectivity index (χ1) is 18.0. The molecule has 1 aromatic heterocycles. The Hall–Kier alpha value is -4.40. The Kier molecular flexibility index (Phi) is 5.75. The maximum atomic E-state index is 13.5. The fourth-order valence-electron chi connectivity index (χ4n) is 4.94. The lowest BCUT2D eigenvalue weighted by molar-refractivity contribution is 0.0792. The zero-order valence-electron chi connectivity index (χ0n) is 19.7. The molecule has 9 heteroatoms. The number of fused-ring (bicyclic) bond motifs is 1. The summed E-state index contributed by atoms with van der Waals surface area (Å²) in [6.07, 6.45) is -0.825. The average molecular weight is 501 g/mol. The number of nitrogens with zero attached hydrogens (tertiary/aromatic N) is 4. The number of hydrogen-bond donors (Lipinski definition) is 0. The minimum absolute atomic E-state index is 0.0186. The van der Waals surface area contributed by atoms with E-state index in [4.69, 9.17) is 4.42 Å². The second-order valence-corrected chi connectivity index (χ2v) is 9.11. The van der Waals surface area contributed by atoms with E-state index in [9.17, 15) is 18.4 Å². The van der Waals surface area contributed by atoms with E-state index < -0.39 is 12.3 Å². The van der Waals surface area contributed by atoms with E-state index in [1.54, 1.807) is 23.1 Å². The molecule has 0 unspecified atom stereocenters. The van der Waals surface area contributed by atoms with Gasteiger partial charge in [0.1, 0.15) is 0 Å². The smallest absolute Gasteiger partial charge is 0.314 e. The largest absolute Gasteiger partial charge is 0.415 e. The minimum atomic E-state index is -2.87. The van der Waals surface area contributed by atoms with Gasteiger partial charge in [0.15, 0.2) is 0 Å². The number of amides is 2. The molecule has 0 bridgehead atoms. The summed E-state index contributed by atoms with van der Waals surface area (Å²) in [5.74, 6) is -1.03. The van der Waals surface area contributed by atoms with E-state index in [0.29, 0.717) is 28.9 Å². The highest BCUT2D eigenvalue weighted by Gasteiger charge is 2.31. The molecule has 0 N–H and O–H groups in total. The van der Waals surface area contributed by atoms with Crippen molar-refractivity contribution in [3.63, 3.8) is 0 Å². The minimum Gasteiger partial charge on any atom is -0.415 e.